The molecule has 0 saturated carbocycles. The molecule has 2 heterocycles. The summed E-state index contributed by atoms with van der Waals surface area (Å²) in [7, 11) is 0. The maximum atomic E-state index is 12.9. The van der Waals surface area contributed by atoms with Crippen LogP contribution in [0.25, 0.3) is 0 Å². The molecule has 1 N–H and O–H groups in total. The van der Waals surface area contributed by atoms with Gasteiger partial charge in [0.15, 0.2) is 5.82 Å². The number of carboxylic acid groups (broad SMARTS) is 1. The van der Waals surface area contributed by atoms with E-state index in [2.05, 4.69) is 10.1 Å². The first kappa shape index (κ1) is 18.4. The van der Waals surface area contributed by atoms with E-state index in [1.807, 2.05) is 11.0 Å². The van der Waals surface area contributed by atoms with Crippen LogP contribution in [-0.4, -0.2) is 50.4 Å². The molecule has 0 radical (unpaired) electrons. The number of benzene rings is 1. The first-order chi connectivity index (χ1) is 12.5. The van der Waals surface area contributed by atoms with Crippen molar-refractivity contribution in [3.05, 3.63) is 41.5 Å². The predicted octanol–water partition coefficient (Wildman–Crippen LogP) is 2.96. The van der Waals surface area contributed by atoms with Gasteiger partial charge in [0.2, 0.25) is 5.89 Å². The average molecular weight is 375 g/mol. The molecule has 2 aromatic rings. The van der Waals surface area contributed by atoms with Crippen molar-refractivity contribution in [2.75, 3.05) is 13.1 Å². The zero-order valence-electron chi connectivity index (χ0n) is 14.7. The number of likely N-dealkylation sites (tertiary alicyclic amines) is 1. The topological polar surface area (TPSA) is 96.5 Å². The smallest absolute Gasteiger partial charge is 0.316 e. The summed E-state index contributed by atoms with van der Waals surface area (Å²) in [6.07, 6.45) is 1.54. The summed E-state index contributed by atoms with van der Waals surface area (Å²) in [5, 5.41) is 12.3. The predicted molar refractivity (Wildman–Crippen MR) is 96.3 cm³/mol. The summed E-state index contributed by atoms with van der Waals surface area (Å²) in [6, 6.07) is 7.17. The number of aliphatic carboxylic acids is 1. The summed E-state index contributed by atoms with van der Waals surface area (Å²) in [6.45, 7) is 4.63. The molecule has 1 atom stereocenters. The standard InChI is InChI=1S/C18H21N3O4S/c1-11(18(23)24)26-15-6-4-3-5-14(15)17(22)21-9-7-13(8-10-21)16-19-12(2)20-25-16/h3-6,11,13H,7-10H2,1-2H3,(H,23,24). The molecular weight excluding hydrogens is 354 g/mol. The van der Waals surface area contributed by atoms with Crippen LogP contribution in [0.15, 0.2) is 33.7 Å². The minimum Gasteiger partial charge on any atom is -0.480 e. The lowest BCUT2D eigenvalue weighted by Gasteiger charge is -2.31. The number of hydrogen-bond acceptors (Lipinski definition) is 6. The number of carbonyl (C=O) groups excluding carboxylic acids is 1. The van der Waals surface area contributed by atoms with E-state index < -0.39 is 11.2 Å². The lowest BCUT2D eigenvalue weighted by molar-refractivity contribution is -0.136. The Labute approximate surface area is 155 Å². The van der Waals surface area contributed by atoms with Gasteiger partial charge in [0.1, 0.15) is 5.25 Å². The van der Waals surface area contributed by atoms with Gasteiger partial charge in [-0.3, -0.25) is 9.59 Å². The van der Waals surface area contributed by atoms with Crippen molar-refractivity contribution in [3.8, 4) is 0 Å². The molecule has 0 bridgehead atoms. The van der Waals surface area contributed by atoms with Crippen LogP contribution in [0.5, 0.6) is 0 Å². The van der Waals surface area contributed by atoms with Crippen LogP contribution in [-0.2, 0) is 4.79 Å². The Morgan fingerprint density at radius 2 is 2.00 bits per heavy atom. The normalized spacial score (nSPS) is 16.5. The molecule has 8 heteroatoms. The Bertz CT molecular complexity index is 799. The van der Waals surface area contributed by atoms with E-state index in [9.17, 15) is 9.59 Å². The summed E-state index contributed by atoms with van der Waals surface area (Å²) < 4.78 is 5.25. The fourth-order valence-corrected chi connectivity index (χ4v) is 3.89. The third-order valence-corrected chi connectivity index (χ3v) is 5.61. The lowest BCUT2D eigenvalue weighted by atomic mass is 9.96. The fraction of sp³-hybridized carbons (Fsp3) is 0.444. The molecule has 3 rings (SSSR count). The van der Waals surface area contributed by atoms with Gasteiger partial charge < -0.3 is 14.5 Å². The molecule has 1 aromatic heterocycles. The Balaban J connectivity index is 1.68. The molecule has 1 amide bonds. The van der Waals surface area contributed by atoms with Crippen LogP contribution >= 0.6 is 11.8 Å². The number of nitrogens with zero attached hydrogens (tertiary/aromatic N) is 3. The third kappa shape index (κ3) is 4.07. The Morgan fingerprint density at radius 1 is 1.31 bits per heavy atom. The van der Waals surface area contributed by atoms with Crippen LogP contribution < -0.4 is 0 Å². The molecule has 1 aliphatic rings. The summed E-state index contributed by atoms with van der Waals surface area (Å²) in [5.74, 6) is 0.480. The fourth-order valence-electron chi connectivity index (χ4n) is 2.97. The van der Waals surface area contributed by atoms with Gasteiger partial charge >= 0.3 is 5.97 Å². The second-order valence-corrected chi connectivity index (χ2v) is 7.72. The first-order valence-corrected chi connectivity index (χ1v) is 9.41. The highest BCUT2D eigenvalue weighted by Crippen LogP contribution is 2.31. The average Bonchev–Trinajstić information content (AvgIpc) is 3.08. The monoisotopic (exact) mass is 375 g/mol. The van der Waals surface area contributed by atoms with Gasteiger partial charge in [-0.05, 0) is 38.8 Å². The molecule has 1 unspecified atom stereocenters. The number of amides is 1. The zero-order valence-corrected chi connectivity index (χ0v) is 15.5. The SMILES string of the molecule is Cc1noc(C2CCN(C(=O)c3ccccc3SC(C)C(=O)O)CC2)n1. The number of carboxylic acids is 1. The number of hydrogen-bond donors (Lipinski definition) is 1. The number of carbonyl (C=O) groups is 2. The Hall–Kier alpha value is -2.35. The molecule has 1 aromatic carbocycles. The Morgan fingerprint density at radius 3 is 2.62 bits per heavy atom. The summed E-state index contributed by atoms with van der Waals surface area (Å²) in [5.41, 5.74) is 0.553. The Kier molecular flexibility index (Phi) is 5.61. The lowest BCUT2D eigenvalue weighted by Crippen LogP contribution is -2.38. The van der Waals surface area contributed by atoms with Crippen LogP contribution in [0.2, 0.25) is 0 Å². The first-order valence-electron chi connectivity index (χ1n) is 8.53. The molecule has 1 saturated heterocycles. The van der Waals surface area contributed by atoms with Crippen LogP contribution in [0.3, 0.4) is 0 Å². The third-order valence-electron chi connectivity index (χ3n) is 4.44. The van der Waals surface area contributed by atoms with E-state index in [-0.39, 0.29) is 11.8 Å². The summed E-state index contributed by atoms with van der Waals surface area (Å²) >= 11 is 1.19. The van der Waals surface area contributed by atoms with Crippen molar-refractivity contribution in [1.82, 2.24) is 15.0 Å². The molecular formula is C18H21N3O4S. The zero-order chi connectivity index (χ0) is 18.7. The van der Waals surface area contributed by atoms with Crippen LogP contribution in [0, 0.1) is 6.92 Å². The molecule has 1 fully saturated rings. The quantitative estimate of drug-likeness (QED) is 0.803. The van der Waals surface area contributed by atoms with E-state index in [0.717, 1.165) is 12.8 Å². The molecule has 138 valence electrons. The van der Waals surface area contributed by atoms with Crippen LogP contribution in [0.4, 0.5) is 0 Å². The highest BCUT2D eigenvalue weighted by atomic mass is 32.2. The second-order valence-electron chi connectivity index (χ2n) is 6.34. The molecule has 1 aliphatic heterocycles. The minimum atomic E-state index is -0.895. The highest BCUT2D eigenvalue weighted by molar-refractivity contribution is 8.00. The van der Waals surface area contributed by atoms with Crippen molar-refractivity contribution in [2.45, 2.75) is 42.8 Å². The van der Waals surface area contributed by atoms with Gasteiger partial charge in [0.25, 0.3) is 5.91 Å². The van der Waals surface area contributed by atoms with Crippen molar-refractivity contribution >= 4 is 23.6 Å². The van der Waals surface area contributed by atoms with Gasteiger partial charge in [0, 0.05) is 23.9 Å². The van der Waals surface area contributed by atoms with E-state index in [1.54, 1.807) is 32.0 Å². The highest BCUT2D eigenvalue weighted by Gasteiger charge is 2.29. The minimum absolute atomic E-state index is 0.0640. The number of rotatable bonds is 5. The van der Waals surface area contributed by atoms with Gasteiger partial charge in [-0.15, -0.1) is 11.8 Å². The van der Waals surface area contributed by atoms with Gasteiger partial charge in [0.05, 0.1) is 5.56 Å². The van der Waals surface area contributed by atoms with E-state index in [1.165, 1.54) is 11.8 Å². The molecule has 0 aliphatic carbocycles. The second kappa shape index (κ2) is 7.90. The summed E-state index contributed by atoms with van der Waals surface area (Å²) in [4.78, 5) is 30.8. The maximum absolute atomic E-state index is 12.9. The molecule has 26 heavy (non-hydrogen) atoms. The van der Waals surface area contributed by atoms with Crippen molar-refractivity contribution in [1.29, 1.82) is 0 Å². The van der Waals surface area contributed by atoms with Gasteiger partial charge in [-0.25, -0.2) is 0 Å². The van der Waals surface area contributed by atoms with Gasteiger partial charge in [-0.2, -0.15) is 4.98 Å². The van der Waals surface area contributed by atoms with E-state index >= 15 is 0 Å². The van der Waals surface area contributed by atoms with Crippen molar-refractivity contribution < 1.29 is 19.2 Å². The number of thioether (sulfide) groups is 1. The van der Waals surface area contributed by atoms with Crippen molar-refractivity contribution in [2.24, 2.45) is 0 Å². The largest absolute Gasteiger partial charge is 0.480 e. The number of aromatic nitrogens is 2. The molecule has 7 nitrogen and oxygen atoms in total. The van der Waals surface area contributed by atoms with E-state index in [4.69, 9.17) is 9.63 Å². The van der Waals surface area contributed by atoms with Gasteiger partial charge in [-0.1, -0.05) is 17.3 Å². The number of aryl methyl sites for hydroxylation is 1. The molecule has 0 spiro atoms. The maximum Gasteiger partial charge on any atom is 0.316 e. The van der Waals surface area contributed by atoms with E-state index in [0.29, 0.717) is 35.3 Å². The number of piperidine rings is 1. The van der Waals surface area contributed by atoms with Crippen molar-refractivity contribution in [3.63, 3.8) is 0 Å². The van der Waals surface area contributed by atoms with Crippen LogP contribution in [0.1, 0.15) is 47.8 Å².